The molecule has 2 N–H and O–H groups in total. The summed E-state index contributed by atoms with van der Waals surface area (Å²) in [5, 5.41) is 0. The Morgan fingerprint density at radius 3 is 2.14 bits per heavy atom. The van der Waals surface area contributed by atoms with Crippen LogP contribution in [0.1, 0.15) is 6.92 Å². The van der Waals surface area contributed by atoms with Crippen molar-refractivity contribution in [1.29, 1.82) is 0 Å². The van der Waals surface area contributed by atoms with Crippen molar-refractivity contribution in [2.45, 2.75) is 11.8 Å². The molecule has 3 heteroatoms. The van der Waals surface area contributed by atoms with E-state index in [-0.39, 0.29) is 0 Å². The standard InChI is InChI=1S/C4H7Cl2N/c1-3(7)2-4(5)6/h2,4H,7H2,1H3. The number of allylic oxidation sites excluding steroid dienone is 2. The van der Waals surface area contributed by atoms with E-state index in [9.17, 15) is 0 Å². The molecule has 0 bridgehead atoms. The van der Waals surface area contributed by atoms with Crippen LogP contribution in [0.25, 0.3) is 0 Å². The lowest BCUT2D eigenvalue weighted by atomic mass is 10.5. The van der Waals surface area contributed by atoms with Crippen molar-refractivity contribution in [2.75, 3.05) is 0 Å². The van der Waals surface area contributed by atoms with E-state index >= 15 is 0 Å². The fourth-order valence-electron chi connectivity index (χ4n) is 0.199. The zero-order valence-corrected chi connectivity index (χ0v) is 5.50. The van der Waals surface area contributed by atoms with Crippen LogP contribution in [-0.2, 0) is 0 Å². The molecule has 0 aliphatic carbocycles. The van der Waals surface area contributed by atoms with Gasteiger partial charge in [-0.25, -0.2) is 0 Å². The van der Waals surface area contributed by atoms with Crippen molar-refractivity contribution < 1.29 is 0 Å². The van der Waals surface area contributed by atoms with E-state index in [2.05, 4.69) is 0 Å². The van der Waals surface area contributed by atoms with Crippen molar-refractivity contribution in [3.63, 3.8) is 0 Å². The molecule has 0 fully saturated rings. The first-order valence-corrected chi connectivity index (χ1v) is 2.72. The van der Waals surface area contributed by atoms with Gasteiger partial charge < -0.3 is 5.73 Å². The van der Waals surface area contributed by atoms with Crippen LogP contribution in [0.4, 0.5) is 0 Å². The summed E-state index contributed by atoms with van der Waals surface area (Å²) in [5.74, 6) is 0. The van der Waals surface area contributed by atoms with Crippen LogP contribution in [0, 0.1) is 0 Å². The van der Waals surface area contributed by atoms with E-state index in [1.807, 2.05) is 0 Å². The van der Waals surface area contributed by atoms with Crippen LogP contribution in [0.2, 0.25) is 0 Å². The van der Waals surface area contributed by atoms with Crippen LogP contribution >= 0.6 is 23.2 Å². The predicted molar refractivity (Wildman–Crippen MR) is 33.4 cm³/mol. The Kier molecular flexibility index (Phi) is 3.22. The minimum atomic E-state index is -0.468. The lowest BCUT2D eigenvalue weighted by Gasteiger charge is -1.89. The molecule has 0 unspecified atom stereocenters. The topological polar surface area (TPSA) is 26.0 Å². The number of nitrogens with two attached hydrogens (primary N) is 1. The fourth-order valence-corrected chi connectivity index (χ4v) is 0.596. The van der Waals surface area contributed by atoms with Crippen molar-refractivity contribution in [3.05, 3.63) is 11.8 Å². The van der Waals surface area contributed by atoms with E-state index in [0.29, 0.717) is 5.70 Å². The molecule has 0 heterocycles. The van der Waals surface area contributed by atoms with Crippen molar-refractivity contribution in [3.8, 4) is 0 Å². The average molecular weight is 140 g/mol. The molecule has 0 rings (SSSR count). The molecule has 42 valence electrons. The predicted octanol–water partition coefficient (Wildman–Crippen LogP) is 1.65. The van der Waals surface area contributed by atoms with Crippen LogP contribution in [-0.4, -0.2) is 4.84 Å². The summed E-state index contributed by atoms with van der Waals surface area (Å²) in [6.07, 6.45) is 1.56. The maximum absolute atomic E-state index is 5.28. The van der Waals surface area contributed by atoms with Crippen LogP contribution in [0.3, 0.4) is 0 Å². The molecule has 0 aliphatic heterocycles. The maximum Gasteiger partial charge on any atom is 0.127 e. The van der Waals surface area contributed by atoms with Gasteiger partial charge in [-0.1, -0.05) is 0 Å². The molecule has 0 aliphatic rings. The number of hydrogen-bond donors (Lipinski definition) is 1. The summed E-state index contributed by atoms with van der Waals surface area (Å²) >= 11 is 10.6. The number of hydrogen-bond acceptors (Lipinski definition) is 1. The van der Waals surface area contributed by atoms with Gasteiger partial charge in [0.1, 0.15) is 4.84 Å². The van der Waals surface area contributed by atoms with Gasteiger partial charge in [-0.3, -0.25) is 0 Å². The summed E-state index contributed by atoms with van der Waals surface area (Å²) in [7, 11) is 0. The summed E-state index contributed by atoms with van der Waals surface area (Å²) in [5.41, 5.74) is 5.83. The molecule has 0 atom stereocenters. The summed E-state index contributed by atoms with van der Waals surface area (Å²) in [4.78, 5) is -0.468. The molecule has 0 aromatic carbocycles. The van der Waals surface area contributed by atoms with Crippen molar-refractivity contribution in [2.24, 2.45) is 5.73 Å². The van der Waals surface area contributed by atoms with Gasteiger partial charge >= 0.3 is 0 Å². The smallest absolute Gasteiger partial charge is 0.127 e. The second-order valence-corrected chi connectivity index (χ2v) is 2.41. The summed E-state index contributed by atoms with van der Waals surface area (Å²) < 4.78 is 0. The lowest BCUT2D eigenvalue weighted by Crippen LogP contribution is -1.92. The molecule has 7 heavy (non-hydrogen) atoms. The SMILES string of the molecule is CC(N)=CC(Cl)Cl. The molecule has 0 saturated heterocycles. The third-order valence-corrected chi connectivity index (χ3v) is 0.641. The number of alkyl halides is 2. The van der Waals surface area contributed by atoms with Gasteiger partial charge in [-0.15, -0.1) is 23.2 Å². The van der Waals surface area contributed by atoms with Gasteiger partial charge in [0.2, 0.25) is 0 Å². The highest BCUT2D eigenvalue weighted by Gasteiger charge is 1.88. The Bertz CT molecular complexity index is 73.8. The van der Waals surface area contributed by atoms with E-state index in [1.165, 1.54) is 0 Å². The van der Waals surface area contributed by atoms with Crippen LogP contribution in [0.5, 0.6) is 0 Å². The van der Waals surface area contributed by atoms with Gasteiger partial charge in [0.25, 0.3) is 0 Å². The van der Waals surface area contributed by atoms with E-state index in [0.717, 1.165) is 0 Å². The van der Waals surface area contributed by atoms with Crippen LogP contribution in [0.15, 0.2) is 11.8 Å². The molecule has 0 aromatic rings. The Balaban J connectivity index is 3.45. The lowest BCUT2D eigenvalue weighted by molar-refractivity contribution is 1.28. The number of rotatable bonds is 1. The minimum Gasteiger partial charge on any atom is -0.402 e. The fraction of sp³-hybridized carbons (Fsp3) is 0.500. The highest BCUT2D eigenvalue weighted by molar-refractivity contribution is 6.45. The molecule has 0 saturated carbocycles. The summed E-state index contributed by atoms with van der Waals surface area (Å²) in [6, 6.07) is 0. The Morgan fingerprint density at radius 1 is 1.71 bits per heavy atom. The van der Waals surface area contributed by atoms with Crippen molar-refractivity contribution >= 4 is 23.2 Å². The molecule has 0 spiro atoms. The molecule has 0 aromatic heterocycles. The first kappa shape index (κ1) is 7.12. The maximum atomic E-state index is 5.28. The first-order chi connectivity index (χ1) is 3.13. The molecule has 0 radical (unpaired) electrons. The Morgan fingerprint density at radius 2 is 2.14 bits per heavy atom. The Hall–Kier alpha value is 0.120. The quantitative estimate of drug-likeness (QED) is 0.550. The first-order valence-electron chi connectivity index (χ1n) is 1.85. The van der Waals surface area contributed by atoms with E-state index in [1.54, 1.807) is 13.0 Å². The van der Waals surface area contributed by atoms with Gasteiger partial charge in [0.05, 0.1) is 0 Å². The van der Waals surface area contributed by atoms with E-state index in [4.69, 9.17) is 28.9 Å². The van der Waals surface area contributed by atoms with Gasteiger partial charge in [-0.2, -0.15) is 0 Å². The summed E-state index contributed by atoms with van der Waals surface area (Å²) in [6.45, 7) is 1.73. The average Bonchev–Trinajstić information content (AvgIpc) is 1.27. The van der Waals surface area contributed by atoms with Gasteiger partial charge in [0.15, 0.2) is 0 Å². The highest BCUT2D eigenvalue weighted by Crippen LogP contribution is 2.03. The number of halogens is 2. The molecular formula is C4H7Cl2N. The molecule has 1 nitrogen and oxygen atoms in total. The second-order valence-electron chi connectivity index (χ2n) is 1.25. The molecule has 0 amide bonds. The monoisotopic (exact) mass is 139 g/mol. The van der Waals surface area contributed by atoms with Gasteiger partial charge in [0, 0.05) is 5.70 Å². The highest BCUT2D eigenvalue weighted by atomic mass is 35.5. The third-order valence-electron chi connectivity index (χ3n) is 0.389. The molecular weight excluding hydrogens is 133 g/mol. The normalized spacial score (nSPS) is 12.9. The van der Waals surface area contributed by atoms with E-state index < -0.39 is 4.84 Å². The van der Waals surface area contributed by atoms with Gasteiger partial charge in [-0.05, 0) is 13.0 Å². The zero-order valence-electron chi connectivity index (χ0n) is 3.99. The second kappa shape index (κ2) is 3.16. The minimum absolute atomic E-state index is 0.468. The Labute approximate surface area is 53.1 Å². The third kappa shape index (κ3) is 6.12. The van der Waals surface area contributed by atoms with Crippen molar-refractivity contribution in [1.82, 2.24) is 0 Å². The largest absolute Gasteiger partial charge is 0.402 e. The van der Waals surface area contributed by atoms with Crippen LogP contribution < -0.4 is 5.73 Å². The zero-order chi connectivity index (χ0) is 5.86.